The zero-order valence-corrected chi connectivity index (χ0v) is 17.0. The SMILES string of the molecule is Cc1nc(CN2CCC(CNC(=O)[C@H]3CCN[C@@H](C)C3)CC2)oc1C.Cl. The van der Waals surface area contributed by atoms with Crippen LogP contribution in [0.25, 0.3) is 0 Å². The first-order valence-electron chi connectivity index (χ1n) is 9.67. The number of hydrogen-bond acceptors (Lipinski definition) is 5. The van der Waals surface area contributed by atoms with Crippen LogP contribution in [-0.2, 0) is 11.3 Å². The molecule has 2 saturated heterocycles. The number of piperidine rings is 2. The molecule has 2 aliphatic rings. The zero-order chi connectivity index (χ0) is 17.8. The predicted octanol–water partition coefficient (Wildman–Crippen LogP) is 2.43. The predicted molar refractivity (Wildman–Crippen MR) is 104 cm³/mol. The van der Waals surface area contributed by atoms with Gasteiger partial charge < -0.3 is 15.1 Å². The van der Waals surface area contributed by atoms with Gasteiger partial charge in [-0.1, -0.05) is 0 Å². The summed E-state index contributed by atoms with van der Waals surface area (Å²) >= 11 is 0. The summed E-state index contributed by atoms with van der Waals surface area (Å²) in [7, 11) is 0. The molecule has 0 saturated carbocycles. The number of nitrogens with one attached hydrogen (secondary N) is 2. The highest BCUT2D eigenvalue weighted by Gasteiger charge is 2.26. The first kappa shape index (κ1) is 21.2. The van der Waals surface area contributed by atoms with Gasteiger partial charge in [-0.2, -0.15) is 0 Å². The van der Waals surface area contributed by atoms with Crippen LogP contribution >= 0.6 is 12.4 Å². The minimum atomic E-state index is 0. The number of amides is 1. The van der Waals surface area contributed by atoms with Crippen molar-refractivity contribution in [3.63, 3.8) is 0 Å². The topological polar surface area (TPSA) is 70.4 Å². The number of halogens is 1. The monoisotopic (exact) mass is 384 g/mol. The molecule has 2 atom stereocenters. The van der Waals surface area contributed by atoms with Crippen molar-refractivity contribution in [3.05, 3.63) is 17.3 Å². The molecule has 7 heteroatoms. The molecule has 0 spiro atoms. The summed E-state index contributed by atoms with van der Waals surface area (Å²) in [6.45, 7) is 10.8. The molecule has 1 amide bonds. The average molecular weight is 385 g/mol. The largest absolute Gasteiger partial charge is 0.444 e. The molecule has 0 radical (unpaired) electrons. The maximum absolute atomic E-state index is 12.4. The summed E-state index contributed by atoms with van der Waals surface area (Å²) in [5.74, 6) is 2.77. The van der Waals surface area contributed by atoms with Gasteiger partial charge in [-0.15, -0.1) is 12.4 Å². The Morgan fingerprint density at radius 1 is 1.31 bits per heavy atom. The van der Waals surface area contributed by atoms with Crippen LogP contribution in [0.15, 0.2) is 4.42 Å². The lowest BCUT2D eigenvalue weighted by atomic mass is 9.91. The number of nitrogens with zero attached hydrogens (tertiary/aromatic N) is 2. The van der Waals surface area contributed by atoms with Crippen molar-refractivity contribution in [1.29, 1.82) is 0 Å². The van der Waals surface area contributed by atoms with Crippen molar-refractivity contribution in [2.45, 2.75) is 59.0 Å². The lowest BCUT2D eigenvalue weighted by molar-refractivity contribution is -0.126. The molecule has 0 aromatic carbocycles. The van der Waals surface area contributed by atoms with E-state index < -0.39 is 0 Å². The summed E-state index contributed by atoms with van der Waals surface area (Å²) in [6, 6.07) is 0.454. The van der Waals surface area contributed by atoms with Gasteiger partial charge >= 0.3 is 0 Å². The molecule has 3 rings (SSSR count). The van der Waals surface area contributed by atoms with Gasteiger partial charge in [0.15, 0.2) is 0 Å². The third-order valence-corrected chi connectivity index (χ3v) is 5.70. The van der Waals surface area contributed by atoms with Gasteiger partial charge in [0.25, 0.3) is 0 Å². The van der Waals surface area contributed by atoms with E-state index in [1.807, 2.05) is 13.8 Å². The van der Waals surface area contributed by atoms with Crippen LogP contribution in [0.4, 0.5) is 0 Å². The van der Waals surface area contributed by atoms with E-state index in [4.69, 9.17) is 4.42 Å². The first-order chi connectivity index (χ1) is 12.0. The quantitative estimate of drug-likeness (QED) is 0.815. The normalized spacial score (nSPS) is 24.9. The van der Waals surface area contributed by atoms with Crippen molar-refractivity contribution >= 4 is 18.3 Å². The minimum Gasteiger partial charge on any atom is -0.444 e. The summed E-state index contributed by atoms with van der Waals surface area (Å²) in [5, 5.41) is 6.61. The molecule has 26 heavy (non-hydrogen) atoms. The van der Waals surface area contributed by atoms with E-state index in [-0.39, 0.29) is 24.2 Å². The number of carbonyl (C=O) groups is 1. The Balaban J connectivity index is 0.00000243. The van der Waals surface area contributed by atoms with Crippen molar-refractivity contribution in [1.82, 2.24) is 20.5 Å². The number of rotatable bonds is 5. The van der Waals surface area contributed by atoms with Crippen LogP contribution in [0.5, 0.6) is 0 Å². The fourth-order valence-electron chi connectivity index (χ4n) is 3.91. The number of aryl methyl sites for hydroxylation is 2. The molecule has 0 bridgehead atoms. The van der Waals surface area contributed by atoms with E-state index in [1.165, 1.54) is 0 Å². The second-order valence-electron chi connectivity index (χ2n) is 7.79. The molecule has 2 aliphatic heterocycles. The Labute approximate surface area is 162 Å². The van der Waals surface area contributed by atoms with Crippen molar-refractivity contribution in [2.24, 2.45) is 11.8 Å². The number of likely N-dealkylation sites (tertiary alicyclic amines) is 1. The van der Waals surface area contributed by atoms with Gasteiger partial charge in [-0.3, -0.25) is 9.69 Å². The average Bonchev–Trinajstić information content (AvgIpc) is 2.91. The summed E-state index contributed by atoms with van der Waals surface area (Å²) in [4.78, 5) is 19.2. The number of oxazole rings is 1. The molecule has 0 aliphatic carbocycles. The van der Waals surface area contributed by atoms with Gasteiger partial charge in [-0.25, -0.2) is 4.98 Å². The molecule has 1 aromatic heterocycles. The molecular formula is C19H33ClN4O2. The Morgan fingerprint density at radius 2 is 2.04 bits per heavy atom. The fraction of sp³-hybridized carbons (Fsp3) is 0.789. The Kier molecular flexibility index (Phi) is 7.92. The highest BCUT2D eigenvalue weighted by atomic mass is 35.5. The van der Waals surface area contributed by atoms with E-state index in [0.717, 1.165) is 75.8 Å². The standard InChI is InChI=1S/C19H32N4O2.ClH/c1-13-10-17(4-7-20-13)19(24)21-11-16-5-8-23(9-6-16)12-18-22-14(2)15(3)25-18;/h13,16-17,20H,4-12H2,1-3H3,(H,21,24);1H/t13-,17-;/m0./s1. The number of aromatic nitrogens is 1. The molecule has 3 heterocycles. The van der Waals surface area contributed by atoms with Gasteiger partial charge in [0.2, 0.25) is 11.8 Å². The maximum Gasteiger partial charge on any atom is 0.223 e. The summed E-state index contributed by atoms with van der Waals surface area (Å²) in [5.41, 5.74) is 0.986. The third-order valence-electron chi connectivity index (χ3n) is 5.70. The van der Waals surface area contributed by atoms with Crippen molar-refractivity contribution in [2.75, 3.05) is 26.2 Å². The van der Waals surface area contributed by atoms with E-state index >= 15 is 0 Å². The third kappa shape index (κ3) is 5.69. The number of hydrogen-bond donors (Lipinski definition) is 2. The van der Waals surface area contributed by atoms with Crippen LogP contribution in [-0.4, -0.2) is 48.0 Å². The van der Waals surface area contributed by atoms with Crippen LogP contribution in [0.3, 0.4) is 0 Å². The van der Waals surface area contributed by atoms with Crippen LogP contribution in [0, 0.1) is 25.7 Å². The lowest BCUT2D eigenvalue weighted by Crippen LogP contribution is -2.44. The van der Waals surface area contributed by atoms with Gasteiger partial charge in [0.1, 0.15) is 5.76 Å². The van der Waals surface area contributed by atoms with Gasteiger partial charge in [-0.05, 0) is 72.0 Å². The van der Waals surface area contributed by atoms with E-state index in [2.05, 4.69) is 27.4 Å². The zero-order valence-electron chi connectivity index (χ0n) is 16.2. The highest BCUT2D eigenvalue weighted by molar-refractivity contribution is 5.85. The Bertz CT molecular complexity index is 565. The van der Waals surface area contributed by atoms with E-state index in [9.17, 15) is 4.79 Å². The first-order valence-corrected chi connectivity index (χ1v) is 9.67. The molecule has 2 fully saturated rings. The minimum absolute atomic E-state index is 0. The molecule has 148 valence electrons. The molecular weight excluding hydrogens is 352 g/mol. The highest BCUT2D eigenvalue weighted by Crippen LogP contribution is 2.20. The Hall–Kier alpha value is -1.11. The van der Waals surface area contributed by atoms with Gasteiger partial charge in [0.05, 0.1) is 12.2 Å². The molecule has 2 N–H and O–H groups in total. The smallest absolute Gasteiger partial charge is 0.223 e. The van der Waals surface area contributed by atoms with E-state index in [1.54, 1.807) is 0 Å². The molecule has 6 nitrogen and oxygen atoms in total. The number of carbonyl (C=O) groups excluding carboxylic acids is 1. The molecule has 0 unspecified atom stereocenters. The van der Waals surface area contributed by atoms with Crippen LogP contribution < -0.4 is 10.6 Å². The Morgan fingerprint density at radius 3 is 2.65 bits per heavy atom. The van der Waals surface area contributed by atoms with Crippen molar-refractivity contribution in [3.8, 4) is 0 Å². The van der Waals surface area contributed by atoms with Crippen molar-refractivity contribution < 1.29 is 9.21 Å². The summed E-state index contributed by atoms with van der Waals surface area (Å²) < 4.78 is 5.68. The van der Waals surface area contributed by atoms with Gasteiger partial charge in [0, 0.05) is 18.5 Å². The van der Waals surface area contributed by atoms with Crippen LogP contribution in [0.2, 0.25) is 0 Å². The van der Waals surface area contributed by atoms with E-state index in [0.29, 0.717) is 12.0 Å². The lowest BCUT2D eigenvalue weighted by Gasteiger charge is -2.32. The molecule has 1 aromatic rings. The van der Waals surface area contributed by atoms with Crippen LogP contribution in [0.1, 0.15) is 50.0 Å². The second-order valence-corrected chi connectivity index (χ2v) is 7.79. The fourth-order valence-corrected chi connectivity index (χ4v) is 3.91. The summed E-state index contributed by atoms with van der Waals surface area (Å²) in [6.07, 6.45) is 4.17. The maximum atomic E-state index is 12.4. The second kappa shape index (κ2) is 9.72.